The Hall–Kier alpha value is -2.86. The number of benzene rings is 2. The lowest BCUT2D eigenvalue weighted by molar-refractivity contribution is 0.0988. The van der Waals surface area contributed by atoms with Crippen molar-refractivity contribution < 1.29 is 18.4 Å². The summed E-state index contributed by atoms with van der Waals surface area (Å²) in [6.45, 7) is 0. The molecular formula is C22H17F2NO2S. The van der Waals surface area contributed by atoms with E-state index in [0.717, 1.165) is 53.0 Å². The molecule has 28 heavy (non-hydrogen) atoms. The van der Waals surface area contributed by atoms with Gasteiger partial charge in [-0.05, 0) is 66.3 Å². The average Bonchev–Trinajstić information content (AvgIpc) is 3.01. The van der Waals surface area contributed by atoms with Gasteiger partial charge < -0.3 is 5.73 Å². The number of primary amides is 1. The van der Waals surface area contributed by atoms with Crippen LogP contribution in [0, 0.1) is 11.6 Å². The fraction of sp³-hybridized carbons (Fsp3) is 0.182. The monoisotopic (exact) mass is 397 g/mol. The molecule has 0 radical (unpaired) electrons. The molecule has 1 heterocycles. The standard InChI is InChI=1S/C22H17F2NO2S/c23-17-5-2-6-18(24)16(17)11-19(26)20-10-13-4-1-3-12-7-8-14(22(25)27)9-15(12)21(13)28-20/h2,5-10H,1,3-4,11H2,(H2,25,27). The van der Waals surface area contributed by atoms with Crippen molar-refractivity contribution in [1.29, 1.82) is 0 Å². The molecular weight excluding hydrogens is 380 g/mol. The van der Waals surface area contributed by atoms with Crippen molar-refractivity contribution in [3.63, 3.8) is 0 Å². The van der Waals surface area contributed by atoms with Crippen LogP contribution in [0.15, 0.2) is 42.5 Å². The van der Waals surface area contributed by atoms with Crippen molar-refractivity contribution in [1.82, 2.24) is 0 Å². The van der Waals surface area contributed by atoms with Crippen LogP contribution < -0.4 is 5.73 Å². The zero-order valence-corrected chi connectivity index (χ0v) is 15.7. The summed E-state index contributed by atoms with van der Waals surface area (Å²) in [5.41, 5.74) is 8.64. The lowest BCUT2D eigenvalue weighted by Gasteiger charge is -2.07. The highest BCUT2D eigenvalue weighted by molar-refractivity contribution is 7.17. The predicted molar refractivity (Wildman–Crippen MR) is 105 cm³/mol. The van der Waals surface area contributed by atoms with E-state index < -0.39 is 17.5 Å². The molecule has 0 saturated carbocycles. The summed E-state index contributed by atoms with van der Waals surface area (Å²) in [4.78, 5) is 25.7. The van der Waals surface area contributed by atoms with E-state index in [2.05, 4.69) is 0 Å². The van der Waals surface area contributed by atoms with Gasteiger partial charge in [0, 0.05) is 22.4 Å². The number of fused-ring (bicyclic) bond motifs is 3. The number of amides is 1. The van der Waals surface area contributed by atoms with Crippen molar-refractivity contribution >= 4 is 23.0 Å². The normalized spacial score (nSPS) is 12.8. The van der Waals surface area contributed by atoms with Gasteiger partial charge in [-0.2, -0.15) is 0 Å². The minimum absolute atomic E-state index is 0.215. The van der Waals surface area contributed by atoms with Gasteiger partial charge in [0.2, 0.25) is 5.91 Å². The molecule has 6 heteroatoms. The van der Waals surface area contributed by atoms with E-state index in [0.29, 0.717) is 10.4 Å². The molecule has 2 aromatic carbocycles. The van der Waals surface area contributed by atoms with Crippen LogP contribution in [0.2, 0.25) is 0 Å². The van der Waals surface area contributed by atoms with E-state index in [1.807, 2.05) is 12.1 Å². The lowest BCUT2D eigenvalue weighted by Crippen LogP contribution is -2.11. The Labute approximate surface area is 164 Å². The van der Waals surface area contributed by atoms with Crippen molar-refractivity contribution in [3.05, 3.63) is 81.2 Å². The number of ketones is 1. The first-order valence-corrected chi connectivity index (χ1v) is 9.77. The summed E-state index contributed by atoms with van der Waals surface area (Å²) in [6, 6.07) is 10.8. The Morgan fingerprint density at radius 3 is 2.43 bits per heavy atom. The molecule has 1 aliphatic carbocycles. The Bertz CT molecular complexity index is 1080. The lowest BCUT2D eigenvalue weighted by atomic mass is 10.0. The van der Waals surface area contributed by atoms with Gasteiger partial charge in [-0.25, -0.2) is 8.78 Å². The number of rotatable bonds is 4. The molecule has 1 amide bonds. The third-order valence-corrected chi connectivity index (χ3v) is 6.27. The summed E-state index contributed by atoms with van der Waals surface area (Å²) in [5, 5.41) is 0. The second-order valence-corrected chi connectivity index (χ2v) is 7.91. The van der Waals surface area contributed by atoms with Crippen LogP contribution in [0.1, 0.15) is 43.1 Å². The van der Waals surface area contributed by atoms with E-state index in [-0.39, 0.29) is 17.8 Å². The number of aryl methyl sites for hydroxylation is 2. The largest absolute Gasteiger partial charge is 0.366 e. The van der Waals surface area contributed by atoms with Crippen molar-refractivity contribution in [2.45, 2.75) is 25.7 Å². The van der Waals surface area contributed by atoms with Crippen LogP contribution >= 0.6 is 11.3 Å². The molecule has 3 nitrogen and oxygen atoms in total. The average molecular weight is 397 g/mol. The van der Waals surface area contributed by atoms with Crippen molar-refractivity contribution in [2.75, 3.05) is 0 Å². The van der Waals surface area contributed by atoms with Gasteiger partial charge in [-0.15, -0.1) is 11.3 Å². The molecule has 4 rings (SSSR count). The first kappa shape index (κ1) is 18.5. The van der Waals surface area contributed by atoms with Gasteiger partial charge in [-0.3, -0.25) is 9.59 Å². The van der Waals surface area contributed by atoms with Gasteiger partial charge in [-0.1, -0.05) is 12.1 Å². The van der Waals surface area contributed by atoms with E-state index in [4.69, 9.17) is 5.73 Å². The fourth-order valence-corrected chi connectivity index (χ4v) is 4.76. The highest BCUT2D eigenvalue weighted by Crippen LogP contribution is 2.39. The minimum atomic E-state index is -0.720. The van der Waals surface area contributed by atoms with Crippen molar-refractivity contribution in [3.8, 4) is 10.4 Å². The molecule has 0 aliphatic heterocycles. The first-order valence-electron chi connectivity index (χ1n) is 8.96. The van der Waals surface area contributed by atoms with E-state index >= 15 is 0 Å². The van der Waals surface area contributed by atoms with Gasteiger partial charge in [0.15, 0.2) is 5.78 Å². The zero-order valence-electron chi connectivity index (χ0n) is 14.9. The Morgan fingerprint density at radius 2 is 1.71 bits per heavy atom. The van der Waals surface area contributed by atoms with Gasteiger partial charge in [0.05, 0.1) is 4.88 Å². The van der Waals surface area contributed by atoms with Crippen molar-refractivity contribution in [2.24, 2.45) is 5.73 Å². The Morgan fingerprint density at radius 1 is 1.00 bits per heavy atom. The summed E-state index contributed by atoms with van der Waals surface area (Å²) in [6.07, 6.45) is 2.27. The number of carbonyl (C=O) groups excluding carboxylic acids is 2. The SMILES string of the molecule is NC(=O)c1ccc2c(c1)-c1sc(C(=O)Cc3c(F)cccc3F)cc1CCC2. The number of hydrogen-bond donors (Lipinski definition) is 1. The summed E-state index contributed by atoms with van der Waals surface area (Å²) < 4.78 is 27.8. The molecule has 0 bridgehead atoms. The first-order chi connectivity index (χ1) is 13.4. The summed E-state index contributed by atoms with van der Waals surface area (Å²) >= 11 is 1.30. The summed E-state index contributed by atoms with van der Waals surface area (Å²) in [5.74, 6) is -2.27. The second-order valence-electron chi connectivity index (χ2n) is 6.85. The number of thiophene rings is 1. The third-order valence-electron chi connectivity index (χ3n) is 5.01. The molecule has 0 fully saturated rings. The fourth-order valence-electron chi connectivity index (χ4n) is 3.56. The maximum absolute atomic E-state index is 13.9. The molecule has 142 valence electrons. The van der Waals surface area contributed by atoms with Gasteiger partial charge >= 0.3 is 0 Å². The van der Waals surface area contributed by atoms with Crippen LogP contribution in [0.5, 0.6) is 0 Å². The van der Waals surface area contributed by atoms with E-state index in [1.165, 1.54) is 17.4 Å². The van der Waals surface area contributed by atoms with Crippen LogP contribution in [-0.2, 0) is 19.3 Å². The van der Waals surface area contributed by atoms with Gasteiger partial charge in [0.1, 0.15) is 11.6 Å². The smallest absolute Gasteiger partial charge is 0.248 e. The van der Waals surface area contributed by atoms with Crippen LogP contribution in [0.4, 0.5) is 8.78 Å². The Kier molecular flexibility index (Phi) is 4.81. The van der Waals surface area contributed by atoms with Crippen LogP contribution in [0.3, 0.4) is 0 Å². The third kappa shape index (κ3) is 3.36. The number of hydrogen-bond acceptors (Lipinski definition) is 3. The topological polar surface area (TPSA) is 60.2 Å². The molecule has 2 N–H and O–H groups in total. The predicted octanol–water partition coefficient (Wildman–Crippen LogP) is 4.71. The second kappa shape index (κ2) is 7.28. The number of halogens is 2. The molecule has 1 aromatic heterocycles. The molecule has 0 atom stereocenters. The highest BCUT2D eigenvalue weighted by Gasteiger charge is 2.22. The number of Topliss-reactive ketones (excluding diaryl/α,β-unsaturated/α-hetero) is 1. The molecule has 3 aromatic rings. The van der Waals surface area contributed by atoms with Crippen LogP contribution in [0.25, 0.3) is 10.4 Å². The zero-order chi connectivity index (χ0) is 19.8. The van der Waals surface area contributed by atoms with E-state index in [9.17, 15) is 18.4 Å². The maximum Gasteiger partial charge on any atom is 0.248 e. The number of nitrogens with two attached hydrogens (primary N) is 1. The van der Waals surface area contributed by atoms with E-state index in [1.54, 1.807) is 12.1 Å². The highest BCUT2D eigenvalue weighted by atomic mass is 32.1. The molecule has 0 saturated heterocycles. The number of carbonyl (C=O) groups is 2. The summed E-state index contributed by atoms with van der Waals surface area (Å²) in [7, 11) is 0. The Balaban J connectivity index is 1.72. The molecule has 0 unspecified atom stereocenters. The molecule has 1 aliphatic rings. The minimum Gasteiger partial charge on any atom is -0.366 e. The maximum atomic E-state index is 13.9. The molecule has 0 spiro atoms. The van der Waals surface area contributed by atoms with Crippen LogP contribution in [-0.4, -0.2) is 11.7 Å². The quantitative estimate of drug-likeness (QED) is 0.649. The van der Waals surface area contributed by atoms with Gasteiger partial charge in [0.25, 0.3) is 0 Å².